The van der Waals surface area contributed by atoms with Crippen LogP contribution in [-0.2, 0) is 0 Å². The van der Waals surface area contributed by atoms with Crippen LogP contribution in [0.4, 0.5) is 5.69 Å². The van der Waals surface area contributed by atoms with Crippen LogP contribution in [-0.4, -0.2) is 51.4 Å². The Morgan fingerprint density at radius 2 is 2.15 bits per heavy atom. The number of aromatic carboxylic acids is 1. The summed E-state index contributed by atoms with van der Waals surface area (Å²) >= 11 is 0. The first kappa shape index (κ1) is 19.1. The molecular weight excluding hydrogens is 346 g/mol. The zero-order valence-corrected chi connectivity index (χ0v) is 15.6. The molecule has 0 bridgehead atoms. The lowest BCUT2D eigenvalue weighted by Gasteiger charge is -2.39. The lowest BCUT2D eigenvalue weighted by molar-refractivity contribution is 0.0691. The van der Waals surface area contributed by atoms with E-state index in [0.717, 1.165) is 6.42 Å². The summed E-state index contributed by atoms with van der Waals surface area (Å²) in [4.78, 5) is 22.6. The smallest absolute Gasteiger partial charge is 0.356 e. The number of ether oxygens (including phenoxy) is 1. The largest absolute Gasteiger partial charge is 0.477 e. The van der Waals surface area contributed by atoms with Crippen molar-refractivity contribution in [2.75, 3.05) is 18.1 Å². The van der Waals surface area contributed by atoms with Crippen molar-refractivity contribution in [3.63, 3.8) is 0 Å². The number of anilines is 1. The molecule has 7 nitrogen and oxygen atoms in total. The van der Waals surface area contributed by atoms with Crippen LogP contribution >= 0.6 is 0 Å². The van der Waals surface area contributed by atoms with E-state index in [1.807, 2.05) is 19.9 Å². The molecule has 1 aliphatic heterocycles. The van der Waals surface area contributed by atoms with Crippen LogP contribution in [0.5, 0.6) is 5.88 Å². The highest BCUT2D eigenvalue weighted by Crippen LogP contribution is 2.33. The molecule has 0 saturated carbocycles. The summed E-state index contributed by atoms with van der Waals surface area (Å²) in [6.45, 7) is 4.98. The molecule has 2 aromatic heterocycles. The van der Waals surface area contributed by atoms with Crippen molar-refractivity contribution in [2.45, 2.75) is 45.3 Å². The number of rotatable bonds is 6. The Hall–Kier alpha value is -2.67. The van der Waals surface area contributed by atoms with Crippen LogP contribution in [0.15, 0.2) is 30.5 Å². The molecule has 2 N–H and O–H groups in total. The molecule has 1 saturated heterocycles. The monoisotopic (exact) mass is 371 g/mol. The van der Waals surface area contributed by atoms with Gasteiger partial charge in [0.2, 0.25) is 5.88 Å². The molecule has 144 valence electrons. The van der Waals surface area contributed by atoms with Gasteiger partial charge in [-0.3, -0.25) is 0 Å². The minimum Gasteiger partial charge on any atom is -0.477 e. The second-order valence-electron chi connectivity index (χ2n) is 6.59. The Morgan fingerprint density at radius 3 is 2.85 bits per heavy atom. The molecule has 0 aromatic carbocycles. The zero-order valence-electron chi connectivity index (χ0n) is 15.6. The second-order valence-corrected chi connectivity index (χ2v) is 6.59. The first-order chi connectivity index (χ1) is 13.0. The maximum absolute atomic E-state index is 11.9. The highest BCUT2D eigenvalue weighted by Gasteiger charge is 2.30. The van der Waals surface area contributed by atoms with Gasteiger partial charge in [-0.15, -0.1) is 0 Å². The van der Waals surface area contributed by atoms with Crippen LogP contribution in [0, 0.1) is 0 Å². The lowest BCUT2D eigenvalue weighted by atomic mass is 9.96. The molecule has 0 aliphatic carbocycles. The molecule has 3 rings (SSSR count). The number of carboxylic acid groups (broad SMARTS) is 1. The molecule has 0 spiro atoms. The van der Waals surface area contributed by atoms with Crippen LogP contribution in [0.1, 0.15) is 43.6 Å². The molecule has 2 atom stereocenters. The standard InChI is InChI=1S/C20H25N3O4/c1-3-13-12-14(24)9-11-23(13)17-8-7-16(22-18(17)20(25)26)15-6-5-10-21-19(15)27-4-2/h5-8,10,13-14,24H,3-4,9,11-12H2,1-2H3,(H,25,26)/t13-,14-/m1/s1. The molecule has 7 heteroatoms. The molecule has 0 radical (unpaired) electrons. The fourth-order valence-electron chi connectivity index (χ4n) is 3.56. The number of aliphatic hydroxyl groups is 1. The van der Waals surface area contributed by atoms with Gasteiger partial charge in [0, 0.05) is 18.8 Å². The zero-order chi connectivity index (χ0) is 19.4. The number of nitrogens with zero attached hydrogens (tertiary/aromatic N) is 3. The maximum atomic E-state index is 11.9. The number of carboxylic acids is 1. The third-order valence-corrected chi connectivity index (χ3v) is 4.87. The van der Waals surface area contributed by atoms with Crippen molar-refractivity contribution >= 4 is 11.7 Å². The van der Waals surface area contributed by atoms with Crippen LogP contribution < -0.4 is 9.64 Å². The fraction of sp³-hybridized carbons (Fsp3) is 0.450. The van der Waals surface area contributed by atoms with E-state index in [1.54, 1.807) is 24.4 Å². The topological polar surface area (TPSA) is 95.8 Å². The van der Waals surface area contributed by atoms with Crippen molar-refractivity contribution in [3.05, 3.63) is 36.2 Å². The van der Waals surface area contributed by atoms with E-state index in [-0.39, 0.29) is 17.8 Å². The number of aliphatic hydroxyl groups excluding tert-OH is 1. The van der Waals surface area contributed by atoms with Gasteiger partial charge in [0.05, 0.1) is 29.7 Å². The third kappa shape index (κ3) is 4.03. The number of hydrogen-bond donors (Lipinski definition) is 2. The average molecular weight is 371 g/mol. The minimum absolute atomic E-state index is 0.00800. The lowest BCUT2D eigenvalue weighted by Crippen LogP contribution is -2.44. The first-order valence-corrected chi connectivity index (χ1v) is 9.32. The van der Waals surface area contributed by atoms with E-state index in [2.05, 4.69) is 14.9 Å². The van der Waals surface area contributed by atoms with Crippen LogP contribution in [0.25, 0.3) is 11.3 Å². The van der Waals surface area contributed by atoms with E-state index in [4.69, 9.17) is 4.74 Å². The van der Waals surface area contributed by atoms with Crippen LogP contribution in [0.3, 0.4) is 0 Å². The van der Waals surface area contributed by atoms with Gasteiger partial charge in [-0.05, 0) is 50.5 Å². The van der Waals surface area contributed by atoms with Crippen molar-refractivity contribution in [3.8, 4) is 17.1 Å². The van der Waals surface area contributed by atoms with E-state index in [1.165, 1.54) is 0 Å². The molecule has 0 amide bonds. The van der Waals surface area contributed by atoms with Gasteiger partial charge in [0.15, 0.2) is 5.69 Å². The highest BCUT2D eigenvalue weighted by molar-refractivity contribution is 5.93. The number of hydrogen-bond acceptors (Lipinski definition) is 6. The average Bonchev–Trinajstić information content (AvgIpc) is 2.68. The molecule has 2 aromatic rings. The summed E-state index contributed by atoms with van der Waals surface area (Å²) in [5.74, 6) is -0.640. The number of pyridine rings is 2. The fourth-order valence-corrected chi connectivity index (χ4v) is 3.56. The molecule has 0 unspecified atom stereocenters. The summed E-state index contributed by atoms with van der Waals surface area (Å²) in [7, 11) is 0. The molecule has 3 heterocycles. The summed E-state index contributed by atoms with van der Waals surface area (Å²) in [5.41, 5.74) is 1.77. The maximum Gasteiger partial charge on any atom is 0.356 e. The Morgan fingerprint density at radius 1 is 1.33 bits per heavy atom. The molecule has 1 fully saturated rings. The van der Waals surface area contributed by atoms with Gasteiger partial charge in [0.1, 0.15) is 0 Å². The normalized spacial score (nSPS) is 19.7. The van der Waals surface area contributed by atoms with E-state index in [0.29, 0.717) is 48.8 Å². The van der Waals surface area contributed by atoms with Crippen molar-refractivity contribution in [1.82, 2.24) is 9.97 Å². The predicted molar refractivity (Wildman–Crippen MR) is 102 cm³/mol. The SMILES string of the molecule is CCOc1ncccc1-c1ccc(N2CC[C@@H](O)C[C@H]2CC)c(C(=O)O)n1. The number of carbonyl (C=O) groups is 1. The summed E-state index contributed by atoms with van der Waals surface area (Å²) < 4.78 is 5.55. The molecule has 1 aliphatic rings. The molecule has 27 heavy (non-hydrogen) atoms. The van der Waals surface area contributed by atoms with Gasteiger partial charge in [0.25, 0.3) is 0 Å². The Labute approximate surface area is 158 Å². The second kappa shape index (κ2) is 8.35. The number of aromatic nitrogens is 2. The first-order valence-electron chi connectivity index (χ1n) is 9.32. The summed E-state index contributed by atoms with van der Waals surface area (Å²) in [6.07, 6.45) is 3.37. The Kier molecular flexibility index (Phi) is 5.91. The van der Waals surface area contributed by atoms with Crippen molar-refractivity contribution in [2.24, 2.45) is 0 Å². The van der Waals surface area contributed by atoms with Gasteiger partial charge in [-0.25, -0.2) is 14.8 Å². The Balaban J connectivity index is 2.03. The summed E-state index contributed by atoms with van der Waals surface area (Å²) in [5, 5.41) is 19.7. The van der Waals surface area contributed by atoms with Crippen molar-refractivity contribution in [1.29, 1.82) is 0 Å². The van der Waals surface area contributed by atoms with Gasteiger partial charge < -0.3 is 19.8 Å². The van der Waals surface area contributed by atoms with E-state index < -0.39 is 5.97 Å². The van der Waals surface area contributed by atoms with Gasteiger partial charge in [-0.1, -0.05) is 6.92 Å². The predicted octanol–water partition coefficient (Wildman–Crippen LogP) is 2.98. The van der Waals surface area contributed by atoms with E-state index >= 15 is 0 Å². The molecular formula is C20H25N3O4. The summed E-state index contributed by atoms with van der Waals surface area (Å²) in [6, 6.07) is 7.29. The Bertz CT molecular complexity index is 812. The van der Waals surface area contributed by atoms with Crippen molar-refractivity contribution < 1.29 is 19.7 Å². The number of piperidine rings is 1. The quantitative estimate of drug-likeness (QED) is 0.806. The van der Waals surface area contributed by atoms with Gasteiger partial charge >= 0.3 is 5.97 Å². The van der Waals surface area contributed by atoms with E-state index in [9.17, 15) is 15.0 Å². The highest BCUT2D eigenvalue weighted by atomic mass is 16.5. The van der Waals surface area contributed by atoms with Gasteiger partial charge in [-0.2, -0.15) is 0 Å². The third-order valence-electron chi connectivity index (χ3n) is 4.87. The minimum atomic E-state index is -1.07. The van der Waals surface area contributed by atoms with Crippen LogP contribution in [0.2, 0.25) is 0 Å².